The Balaban J connectivity index is 0. The Hall–Kier alpha value is -1.44. The first-order valence-corrected chi connectivity index (χ1v) is 11.8. The molecule has 0 saturated heterocycles. The first-order valence-electron chi connectivity index (χ1n) is 11.8. The summed E-state index contributed by atoms with van der Waals surface area (Å²) in [6.45, 7) is 14.0. The molecule has 2 aliphatic carbocycles. The zero-order chi connectivity index (χ0) is 22.5. The van der Waals surface area contributed by atoms with Gasteiger partial charge in [0, 0.05) is 5.92 Å². The van der Waals surface area contributed by atoms with Crippen LogP contribution in [0.5, 0.6) is 0 Å². The fourth-order valence-corrected chi connectivity index (χ4v) is 3.12. The fourth-order valence-electron chi connectivity index (χ4n) is 3.12. The van der Waals surface area contributed by atoms with Crippen molar-refractivity contribution in [1.29, 1.82) is 0 Å². The van der Waals surface area contributed by atoms with E-state index in [1.165, 1.54) is 58.3 Å². The molecule has 0 amide bonds. The molecule has 3 unspecified atom stereocenters. The first-order chi connectivity index (χ1) is 13.9. The molecule has 0 aliphatic heterocycles. The van der Waals surface area contributed by atoms with Crippen molar-refractivity contribution in [3.8, 4) is 0 Å². The second-order valence-corrected chi connectivity index (χ2v) is 8.25. The van der Waals surface area contributed by atoms with Crippen LogP contribution in [-0.4, -0.2) is 12.1 Å². The van der Waals surface area contributed by atoms with E-state index in [0.29, 0.717) is 5.92 Å². The van der Waals surface area contributed by atoms with Gasteiger partial charge in [-0.25, -0.2) is 0 Å². The molecule has 0 fully saturated rings. The Bertz CT molecular complexity index is 485. The van der Waals surface area contributed by atoms with Gasteiger partial charge in [0.15, 0.2) is 0 Å². The Labute approximate surface area is 181 Å². The van der Waals surface area contributed by atoms with Crippen LogP contribution in [0.2, 0.25) is 0 Å². The smallest absolute Gasteiger partial charge is 0.133 e. The molecular formula is C27H48O2. The van der Waals surface area contributed by atoms with Crippen LogP contribution in [0.1, 0.15) is 106 Å². The van der Waals surface area contributed by atoms with E-state index >= 15 is 0 Å². The molecule has 0 spiro atoms. The Morgan fingerprint density at radius 2 is 1.79 bits per heavy atom. The van der Waals surface area contributed by atoms with Gasteiger partial charge in [0.1, 0.15) is 12.1 Å². The van der Waals surface area contributed by atoms with Crippen LogP contribution in [-0.2, 0) is 9.59 Å². The molecule has 0 radical (unpaired) electrons. The van der Waals surface area contributed by atoms with Crippen LogP contribution in [0.25, 0.3) is 0 Å². The van der Waals surface area contributed by atoms with Gasteiger partial charge in [-0.3, -0.25) is 4.79 Å². The maximum absolute atomic E-state index is 11.0. The highest BCUT2D eigenvalue weighted by molar-refractivity contribution is 5.78. The van der Waals surface area contributed by atoms with Crippen molar-refractivity contribution in [2.24, 2.45) is 17.8 Å². The maximum atomic E-state index is 11.0. The summed E-state index contributed by atoms with van der Waals surface area (Å²) >= 11 is 0. The lowest BCUT2D eigenvalue weighted by molar-refractivity contribution is -0.121. The number of hydrogen-bond acceptors (Lipinski definition) is 2. The highest BCUT2D eigenvalue weighted by Gasteiger charge is 2.17. The number of aldehydes is 1. The van der Waals surface area contributed by atoms with E-state index in [-0.39, 0.29) is 11.7 Å². The number of unbranched alkanes of at least 4 members (excludes halogenated alkanes) is 2. The minimum atomic E-state index is 0.177. The topological polar surface area (TPSA) is 34.1 Å². The molecule has 168 valence electrons. The quantitative estimate of drug-likeness (QED) is 0.253. The third-order valence-electron chi connectivity index (χ3n) is 5.17. The molecule has 29 heavy (non-hydrogen) atoms. The largest absolute Gasteiger partial charge is 0.304 e. The summed E-state index contributed by atoms with van der Waals surface area (Å²) in [5.41, 5.74) is 1.74. The lowest BCUT2D eigenvalue weighted by Gasteiger charge is -2.18. The summed E-state index contributed by atoms with van der Waals surface area (Å²) in [6.07, 6.45) is 23.5. The van der Waals surface area contributed by atoms with Crippen LogP contribution in [0.3, 0.4) is 0 Å². The summed E-state index contributed by atoms with van der Waals surface area (Å²) in [7, 11) is 0. The molecule has 0 aromatic rings. The second kappa shape index (κ2) is 21.3. The van der Waals surface area contributed by atoms with Crippen LogP contribution in [0.15, 0.2) is 36.0 Å². The standard InChI is InChI=1S/C12H22.C10H14O.C3H8.C2H4O/c1-3-4-5-6-12-9-7-11(2)8-10-12;1-8(9(2)11)10-6-4-3-5-7-10;1-3-2;1-2-3/h9,11H,3-8,10H2,1-2H3;3-6,8,10H,7H2,1-2H3;3H2,1-2H3;2H,1H3. The van der Waals surface area contributed by atoms with Gasteiger partial charge in [0.05, 0.1) is 0 Å². The monoisotopic (exact) mass is 404 g/mol. The summed E-state index contributed by atoms with van der Waals surface area (Å²) in [5, 5.41) is 0. The first kappa shape index (κ1) is 29.8. The SMILES string of the molecule is CC(=O)C(C)C1C=CC=CC1.CC=O.CCC.CCCCCC1=CCC(C)CC1. The predicted molar refractivity (Wildman–Crippen MR) is 129 cm³/mol. The van der Waals surface area contributed by atoms with E-state index < -0.39 is 0 Å². The van der Waals surface area contributed by atoms with Gasteiger partial charge >= 0.3 is 0 Å². The van der Waals surface area contributed by atoms with Crippen molar-refractivity contribution in [3.63, 3.8) is 0 Å². The van der Waals surface area contributed by atoms with Gasteiger partial charge in [-0.2, -0.15) is 0 Å². The van der Waals surface area contributed by atoms with E-state index in [1.807, 2.05) is 19.1 Å². The lowest BCUT2D eigenvalue weighted by atomic mass is 9.86. The Kier molecular flexibility index (Phi) is 21.8. The number of allylic oxidation sites excluding steroid dienone is 6. The fraction of sp³-hybridized carbons (Fsp3) is 0.704. The van der Waals surface area contributed by atoms with Crippen molar-refractivity contribution >= 4 is 12.1 Å². The molecule has 3 atom stereocenters. The van der Waals surface area contributed by atoms with Crippen LogP contribution >= 0.6 is 0 Å². The zero-order valence-corrected chi connectivity index (χ0v) is 20.4. The number of Topliss-reactive ketones (excluding diaryl/α,β-unsaturated/α-hetero) is 1. The van der Waals surface area contributed by atoms with E-state index in [9.17, 15) is 4.79 Å². The molecule has 0 saturated carbocycles. The molecule has 0 aromatic carbocycles. The molecular weight excluding hydrogens is 356 g/mol. The number of carbonyl (C=O) groups is 2. The third kappa shape index (κ3) is 18.3. The minimum Gasteiger partial charge on any atom is -0.304 e. The number of hydrogen-bond donors (Lipinski definition) is 0. The molecule has 0 aromatic heterocycles. The van der Waals surface area contributed by atoms with E-state index in [1.54, 1.807) is 12.5 Å². The molecule has 0 heterocycles. The highest BCUT2D eigenvalue weighted by atomic mass is 16.1. The molecule has 2 aliphatic rings. The second-order valence-electron chi connectivity index (χ2n) is 8.25. The summed E-state index contributed by atoms with van der Waals surface area (Å²) in [4.78, 5) is 19.8. The number of rotatable bonds is 6. The van der Waals surface area contributed by atoms with Crippen LogP contribution in [0, 0.1) is 17.8 Å². The van der Waals surface area contributed by atoms with Gasteiger partial charge in [-0.05, 0) is 64.2 Å². The van der Waals surface area contributed by atoms with E-state index in [4.69, 9.17) is 4.79 Å². The van der Waals surface area contributed by atoms with Gasteiger partial charge in [-0.1, -0.05) is 89.8 Å². The molecule has 2 heteroatoms. The van der Waals surface area contributed by atoms with Crippen LogP contribution < -0.4 is 0 Å². The molecule has 2 rings (SSSR count). The maximum Gasteiger partial charge on any atom is 0.133 e. The summed E-state index contributed by atoms with van der Waals surface area (Å²) in [6, 6.07) is 0. The Morgan fingerprint density at radius 3 is 2.21 bits per heavy atom. The molecule has 2 nitrogen and oxygen atoms in total. The summed E-state index contributed by atoms with van der Waals surface area (Å²) < 4.78 is 0. The van der Waals surface area contributed by atoms with Crippen molar-refractivity contribution in [2.75, 3.05) is 0 Å². The van der Waals surface area contributed by atoms with E-state index in [0.717, 1.165) is 18.6 Å². The number of carbonyl (C=O) groups excluding carboxylic acids is 2. The van der Waals surface area contributed by atoms with Crippen molar-refractivity contribution in [2.45, 2.75) is 106 Å². The summed E-state index contributed by atoms with van der Waals surface area (Å²) in [5.74, 6) is 1.84. The lowest BCUT2D eigenvalue weighted by Crippen LogP contribution is -2.17. The van der Waals surface area contributed by atoms with Gasteiger partial charge in [-0.15, -0.1) is 0 Å². The third-order valence-corrected chi connectivity index (χ3v) is 5.17. The van der Waals surface area contributed by atoms with Crippen molar-refractivity contribution < 1.29 is 9.59 Å². The highest BCUT2D eigenvalue weighted by Crippen LogP contribution is 2.26. The van der Waals surface area contributed by atoms with Crippen molar-refractivity contribution in [3.05, 3.63) is 36.0 Å². The predicted octanol–water partition coefficient (Wildman–Crippen LogP) is 8.28. The number of ketones is 1. The zero-order valence-electron chi connectivity index (χ0n) is 20.4. The molecule has 0 N–H and O–H groups in total. The van der Waals surface area contributed by atoms with Crippen LogP contribution in [0.4, 0.5) is 0 Å². The van der Waals surface area contributed by atoms with Gasteiger partial charge in [0.25, 0.3) is 0 Å². The average molecular weight is 405 g/mol. The van der Waals surface area contributed by atoms with Gasteiger partial charge in [0.2, 0.25) is 0 Å². The van der Waals surface area contributed by atoms with E-state index in [2.05, 4.69) is 45.9 Å². The van der Waals surface area contributed by atoms with Crippen molar-refractivity contribution in [1.82, 2.24) is 0 Å². The molecule has 0 bridgehead atoms. The minimum absolute atomic E-state index is 0.177. The van der Waals surface area contributed by atoms with Gasteiger partial charge < -0.3 is 4.79 Å². The normalized spacial score (nSPS) is 20.4. The Morgan fingerprint density at radius 1 is 1.17 bits per heavy atom. The average Bonchev–Trinajstić information content (AvgIpc) is 2.71.